The summed E-state index contributed by atoms with van der Waals surface area (Å²) >= 11 is 0. The molecule has 0 radical (unpaired) electrons. The summed E-state index contributed by atoms with van der Waals surface area (Å²) in [6.07, 6.45) is 2.04. The molecule has 1 rings (SSSR count). The summed E-state index contributed by atoms with van der Waals surface area (Å²) in [7, 11) is 0. The van der Waals surface area contributed by atoms with E-state index in [-0.39, 0.29) is 12.1 Å². The number of nitrogens with one attached hydrogen (secondary N) is 2. The Hall–Kier alpha value is -1.26. The van der Waals surface area contributed by atoms with E-state index >= 15 is 0 Å². The summed E-state index contributed by atoms with van der Waals surface area (Å²) in [4.78, 5) is 22.9. The molecule has 16 heavy (non-hydrogen) atoms. The van der Waals surface area contributed by atoms with Crippen LogP contribution >= 0.6 is 0 Å². The van der Waals surface area contributed by atoms with E-state index in [0.29, 0.717) is 0 Å². The van der Waals surface area contributed by atoms with Crippen molar-refractivity contribution < 1.29 is 14.3 Å². The molecule has 0 aliphatic heterocycles. The molecule has 2 amide bonds. The van der Waals surface area contributed by atoms with Crippen LogP contribution in [0.5, 0.6) is 0 Å². The second-order valence-electron chi connectivity index (χ2n) is 5.15. The predicted molar refractivity (Wildman–Crippen MR) is 60.0 cm³/mol. The third-order valence-electron chi connectivity index (χ3n) is 2.02. The first-order valence-electron chi connectivity index (χ1n) is 5.58. The minimum atomic E-state index is -0.627. The van der Waals surface area contributed by atoms with Crippen LogP contribution in [0, 0.1) is 0 Å². The Morgan fingerprint density at radius 1 is 1.31 bits per heavy atom. The van der Waals surface area contributed by atoms with Gasteiger partial charge in [-0.25, -0.2) is 9.59 Å². The number of hydrogen-bond donors (Lipinski definition) is 2. The summed E-state index contributed by atoms with van der Waals surface area (Å²) in [5.74, 6) is -0.418. The third-order valence-corrected chi connectivity index (χ3v) is 2.02. The summed E-state index contributed by atoms with van der Waals surface area (Å²) in [6, 6.07) is -0.648. The molecular formula is C11H20N2O3. The molecule has 0 saturated heterocycles. The van der Waals surface area contributed by atoms with Crippen molar-refractivity contribution in [3.63, 3.8) is 0 Å². The Kier molecular flexibility index (Phi) is 3.78. The second-order valence-corrected chi connectivity index (χ2v) is 5.15. The van der Waals surface area contributed by atoms with E-state index in [4.69, 9.17) is 4.74 Å². The van der Waals surface area contributed by atoms with Gasteiger partial charge in [-0.05, 0) is 40.5 Å². The summed E-state index contributed by atoms with van der Waals surface area (Å²) in [5, 5.41) is 5.29. The molecule has 1 aliphatic carbocycles. The van der Waals surface area contributed by atoms with E-state index in [1.807, 2.05) is 0 Å². The zero-order chi connectivity index (χ0) is 12.3. The lowest BCUT2D eigenvalue weighted by Gasteiger charge is -2.22. The highest BCUT2D eigenvalue weighted by atomic mass is 16.6. The molecule has 0 spiro atoms. The Morgan fingerprint density at radius 2 is 1.88 bits per heavy atom. The van der Waals surface area contributed by atoms with Crippen LogP contribution in [-0.4, -0.2) is 29.7 Å². The molecule has 0 aromatic heterocycles. The third kappa shape index (κ3) is 5.00. The van der Waals surface area contributed by atoms with Gasteiger partial charge in [-0.15, -0.1) is 0 Å². The predicted octanol–water partition coefficient (Wildman–Crippen LogP) is 1.18. The molecule has 5 nitrogen and oxygen atoms in total. The van der Waals surface area contributed by atoms with Gasteiger partial charge in [0.2, 0.25) is 0 Å². The van der Waals surface area contributed by atoms with Gasteiger partial charge < -0.3 is 15.4 Å². The number of urea groups is 1. The maximum atomic E-state index is 11.5. The van der Waals surface area contributed by atoms with E-state index in [0.717, 1.165) is 12.8 Å². The number of carbonyl (C=O) groups excluding carboxylic acids is 2. The standard InChI is InChI=1S/C11H20N2O3/c1-7(9(14)16-11(2,3)4)12-10(15)13-8-5-6-8/h7-8H,5-6H2,1-4H3,(H2,12,13,15)/t7-/m0/s1. The molecular weight excluding hydrogens is 208 g/mol. The lowest BCUT2D eigenvalue weighted by atomic mass is 10.2. The van der Waals surface area contributed by atoms with Crippen molar-refractivity contribution in [3.05, 3.63) is 0 Å². The van der Waals surface area contributed by atoms with Crippen LogP contribution in [0.3, 0.4) is 0 Å². The van der Waals surface area contributed by atoms with E-state index in [1.54, 1.807) is 27.7 Å². The van der Waals surface area contributed by atoms with Gasteiger partial charge in [0.05, 0.1) is 0 Å². The van der Waals surface area contributed by atoms with Crippen LogP contribution in [0.15, 0.2) is 0 Å². The van der Waals surface area contributed by atoms with Gasteiger partial charge in [-0.3, -0.25) is 0 Å². The smallest absolute Gasteiger partial charge is 0.328 e. The highest BCUT2D eigenvalue weighted by Gasteiger charge is 2.26. The van der Waals surface area contributed by atoms with Crippen molar-refractivity contribution in [1.82, 2.24) is 10.6 Å². The number of ether oxygens (including phenoxy) is 1. The van der Waals surface area contributed by atoms with E-state index in [9.17, 15) is 9.59 Å². The molecule has 0 unspecified atom stereocenters. The van der Waals surface area contributed by atoms with E-state index in [2.05, 4.69) is 10.6 Å². The Bertz CT molecular complexity index is 279. The zero-order valence-electron chi connectivity index (χ0n) is 10.3. The maximum Gasteiger partial charge on any atom is 0.328 e. The first-order chi connectivity index (χ1) is 7.28. The van der Waals surface area contributed by atoms with Gasteiger partial charge in [0.15, 0.2) is 0 Å². The Morgan fingerprint density at radius 3 is 2.31 bits per heavy atom. The average Bonchev–Trinajstić information content (AvgIpc) is 2.84. The fraction of sp³-hybridized carbons (Fsp3) is 0.818. The van der Waals surface area contributed by atoms with Crippen LogP contribution in [0.4, 0.5) is 4.79 Å². The summed E-state index contributed by atoms with van der Waals surface area (Å²) in [6.45, 7) is 6.99. The molecule has 1 atom stereocenters. The van der Waals surface area contributed by atoms with Crippen LogP contribution in [0.1, 0.15) is 40.5 Å². The fourth-order valence-corrected chi connectivity index (χ4v) is 1.10. The van der Waals surface area contributed by atoms with E-state index in [1.165, 1.54) is 0 Å². The number of hydrogen-bond acceptors (Lipinski definition) is 3. The maximum absolute atomic E-state index is 11.5. The van der Waals surface area contributed by atoms with Crippen molar-refractivity contribution in [2.24, 2.45) is 0 Å². The van der Waals surface area contributed by atoms with E-state index < -0.39 is 17.6 Å². The van der Waals surface area contributed by atoms with Crippen LogP contribution < -0.4 is 10.6 Å². The van der Waals surface area contributed by atoms with Gasteiger partial charge in [0, 0.05) is 6.04 Å². The SMILES string of the molecule is C[C@H](NC(=O)NC1CC1)C(=O)OC(C)(C)C. The quantitative estimate of drug-likeness (QED) is 0.713. The molecule has 5 heteroatoms. The number of esters is 1. The normalized spacial score (nSPS) is 17.5. The minimum Gasteiger partial charge on any atom is -0.458 e. The van der Waals surface area contributed by atoms with Gasteiger partial charge in [0.25, 0.3) is 0 Å². The zero-order valence-corrected chi connectivity index (χ0v) is 10.3. The molecule has 92 valence electrons. The molecule has 2 N–H and O–H groups in total. The largest absolute Gasteiger partial charge is 0.458 e. The molecule has 0 aromatic rings. The Labute approximate surface area is 95.9 Å². The summed E-state index contributed by atoms with van der Waals surface area (Å²) < 4.78 is 5.14. The number of rotatable bonds is 3. The first-order valence-corrected chi connectivity index (χ1v) is 5.58. The van der Waals surface area contributed by atoms with Gasteiger partial charge in [0.1, 0.15) is 11.6 Å². The molecule has 1 fully saturated rings. The van der Waals surface area contributed by atoms with Crippen molar-refractivity contribution in [2.75, 3.05) is 0 Å². The van der Waals surface area contributed by atoms with Crippen LogP contribution in [-0.2, 0) is 9.53 Å². The highest BCUT2D eigenvalue weighted by molar-refractivity contribution is 5.83. The van der Waals surface area contributed by atoms with Gasteiger partial charge in [-0.1, -0.05) is 0 Å². The minimum absolute atomic E-state index is 0.283. The number of carbonyl (C=O) groups is 2. The van der Waals surface area contributed by atoms with Crippen molar-refractivity contribution in [2.45, 2.75) is 58.2 Å². The van der Waals surface area contributed by atoms with Crippen molar-refractivity contribution in [1.29, 1.82) is 0 Å². The van der Waals surface area contributed by atoms with Crippen molar-refractivity contribution >= 4 is 12.0 Å². The number of amides is 2. The monoisotopic (exact) mass is 228 g/mol. The molecule has 0 heterocycles. The van der Waals surface area contributed by atoms with Gasteiger partial charge >= 0.3 is 12.0 Å². The van der Waals surface area contributed by atoms with Gasteiger partial charge in [-0.2, -0.15) is 0 Å². The van der Waals surface area contributed by atoms with Crippen molar-refractivity contribution in [3.8, 4) is 0 Å². The average molecular weight is 228 g/mol. The van der Waals surface area contributed by atoms with Crippen LogP contribution in [0.25, 0.3) is 0 Å². The molecule has 0 bridgehead atoms. The van der Waals surface area contributed by atoms with Crippen LogP contribution in [0.2, 0.25) is 0 Å². The topological polar surface area (TPSA) is 67.4 Å². The second kappa shape index (κ2) is 4.72. The molecule has 1 aliphatic rings. The lowest BCUT2D eigenvalue weighted by Crippen LogP contribution is -2.47. The molecule has 1 saturated carbocycles. The Balaban J connectivity index is 2.29. The fourth-order valence-electron chi connectivity index (χ4n) is 1.10. The first kappa shape index (κ1) is 12.8. The summed E-state index contributed by atoms with van der Waals surface area (Å²) in [5.41, 5.74) is -0.528. The highest BCUT2D eigenvalue weighted by Crippen LogP contribution is 2.18. The molecule has 0 aromatic carbocycles. The lowest BCUT2D eigenvalue weighted by molar-refractivity contribution is -0.156.